The molecule has 1 rings (SSSR count). The average molecular weight is 268 g/mol. The molecule has 0 saturated heterocycles. The lowest BCUT2D eigenvalue weighted by Gasteiger charge is -2.14. The second-order valence-electron chi connectivity index (χ2n) is 3.74. The van der Waals surface area contributed by atoms with Crippen LogP contribution < -0.4 is 5.32 Å². The van der Waals surface area contributed by atoms with E-state index in [-0.39, 0.29) is 24.2 Å². The van der Waals surface area contributed by atoms with Crippen molar-refractivity contribution >= 4 is 23.3 Å². The van der Waals surface area contributed by atoms with Crippen molar-refractivity contribution in [3.05, 3.63) is 34.4 Å². The normalized spacial score (nSPS) is 11.6. The molecule has 0 aliphatic rings. The van der Waals surface area contributed by atoms with Gasteiger partial charge in [0, 0.05) is 12.5 Å². The van der Waals surface area contributed by atoms with Gasteiger partial charge < -0.3 is 15.5 Å². The third-order valence-corrected chi connectivity index (χ3v) is 2.38. The molecule has 8 nitrogen and oxygen atoms in total. The van der Waals surface area contributed by atoms with Crippen molar-refractivity contribution in [2.75, 3.05) is 5.32 Å². The number of rotatable bonds is 7. The summed E-state index contributed by atoms with van der Waals surface area (Å²) < 4.78 is 0. The van der Waals surface area contributed by atoms with Crippen LogP contribution in [0.15, 0.2) is 24.3 Å². The molecule has 0 spiro atoms. The van der Waals surface area contributed by atoms with Gasteiger partial charge in [-0.25, -0.2) is 4.79 Å². The third-order valence-electron chi connectivity index (χ3n) is 2.38. The van der Waals surface area contributed by atoms with E-state index in [1.807, 2.05) is 0 Å². The van der Waals surface area contributed by atoms with Gasteiger partial charge in [0.15, 0.2) is 0 Å². The molecule has 0 aliphatic carbocycles. The number of nitrogens with one attached hydrogen (secondary N) is 1. The van der Waals surface area contributed by atoms with Crippen LogP contribution in [-0.4, -0.2) is 33.1 Å². The second kappa shape index (κ2) is 6.34. The molecule has 3 N–H and O–H groups in total. The van der Waals surface area contributed by atoms with E-state index in [0.717, 1.165) is 0 Å². The molecule has 0 aliphatic heterocycles. The summed E-state index contributed by atoms with van der Waals surface area (Å²) in [6, 6.07) is 4.38. The van der Waals surface area contributed by atoms with Crippen LogP contribution in [0.1, 0.15) is 12.8 Å². The third kappa shape index (κ3) is 4.26. The van der Waals surface area contributed by atoms with E-state index in [1.165, 1.54) is 24.3 Å². The van der Waals surface area contributed by atoms with Gasteiger partial charge in [0.05, 0.1) is 4.92 Å². The molecule has 0 fully saturated rings. The number of benzene rings is 1. The van der Waals surface area contributed by atoms with Gasteiger partial charge >= 0.3 is 11.9 Å². The predicted molar refractivity (Wildman–Crippen MR) is 65.0 cm³/mol. The van der Waals surface area contributed by atoms with Crippen molar-refractivity contribution in [3.8, 4) is 0 Å². The Morgan fingerprint density at radius 1 is 1.32 bits per heavy atom. The van der Waals surface area contributed by atoms with Gasteiger partial charge in [-0.05, 0) is 12.5 Å². The molecule has 0 saturated carbocycles. The second-order valence-corrected chi connectivity index (χ2v) is 3.74. The zero-order chi connectivity index (χ0) is 14.4. The van der Waals surface area contributed by atoms with E-state index in [0.29, 0.717) is 0 Å². The van der Waals surface area contributed by atoms with Crippen molar-refractivity contribution in [2.45, 2.75) is 18.9 Å². The van der Waals surface area contributed by atoms with Crippen LogP contribution in [0.4, 0.5) is 11.4 Å². The van der Waals surface area contributed by atoms with E-state index >= 15 is 0 Å². The number of carbonyl (C=O) groups is 2. The van der Waals surface area contributed by atoms with E-state index in [2.05, 4.69) is 5.32 Å². The summed E-state index contributed by atoms with van der Waals surface area (Å²) in [7, 11) is 0. The monoisotopic (exact) mass is 268 g/mol. The summed E-state index contributed by atoms with van der Waals surface area (Å²) in [4.78, 5) is 31.5. The molecule has 1 aromatic rings. The number of nitro groups is 1. The maximum Gasteiger partial charge on any atom is 0.326 e. The first-order chi connectivity index (χ1) is 8.91. The van der Waals surface area contributed by atoms with Gasteiger partial charge in [-0.1, -0.05) is 12.1 Å². The Morgan fingerprint density at radius 2 is 1.95 bits per heavy atom. The molecule has 102 valence electrons. The van der Waals surface area contributed by atoms with Gasteiger partial charge in [-0.15, -0.1) is 0 Å². The first kappa shape index (κ1) is 14.4. The van der Waals surface area contributed by atoms with Crippen LogP contribution >= 0.6 is 0 Å². The fraction of sp³-hybridized carbons (Fsp3) is 0.273. The summed E-state index contributed by atoms with van der Waals surface area (Å²) in [5.41, 5.74) is -0.214. The van der Waals surface area contributed by atoms with Gasteiger partial charge in [0.25, 0.3) is 5.69 Å². The maximum atomic E-state index is 11.0. The number of hydrogen-bond acceptors (Lipinski definition) is 5. The van der Waals surface area contributed by atoms with E-state index < -0.39 is 22.9 Å². The Morgan fingerprint density at radius 3 is 2.47 bits per heavy atom. The highest BCUT2D eigenvalue weighted by Crippen LogP contribution is 2.24. The number of nitro benzene ring substituents is 1. The lowest BCUT2D eigenvalue weighted by molar-refractivity contribution is -0.384. The summed E-state index contributed by atoms with van der Waals surface area (Å²) in [6.45, 7) is 0. The largest absolute Gasteiger partial charge is 0.481 e. The molecule has 0 amide bonds. The van der Waals surface area contributed by atoms with E-state index in [4.69, 9.17) is 10.2 Å². The fourth-order valence-corrected chi connectivity index (χ4v) is 1.47. The van der Waals surface area contributed by atoms with Crippen molar-refractivity contribution in [3.63, 3.8) is 0 Å². The highest BCUT2D eigenvalue weighted by atomic mass is 16.6. The van der Waals surface area contributed by atoms with Crippen molar-refractivity contribution in [2.24, 2.45) is 0 Å². The van der Waals surface area contributed by atoms with Crippen LogP contribution in [0.5, 0.6) is 0 Å². The first-order valence-corrected chi connectivity index (χ1v) is 5.36. The van der Waals surface area contributed by atoms with Gasteiger partial charge in [0.1, 0.15) is 11.7 Å². The van der Waals surface area contributed by atoms with Crippen LogP contribution in [0.3, 0.4) is 0 Å². The van der Waals surface area contributed by atoms with E-state index in [9.17, 15) is 19.7 Å². The highest BCUT2D eigenvalue weighted by molar-refractivity contribution is 5.79. The number of nitrogens with zero attached hydrogens (tertiary/aromatic N) is 1. The maximum absolute atomic E-state index is 11.0. The Balaban J connectivity index is 2.87. The number of para-hydroxylation sites is 2. The molecule has 0 bridgehead atoms. The van der Waals surface area contributed by atoms with Crippen LogP contribution in [0.2, 0.25) is 0 Å². The Hall–Kier alpha value is -2.64. The lowest BCUT2D eigenvalue weighted by Crippen LogP contribution is -2.30. The zero-order valence-corrected chi connectivity index (χ0v) is 9.78. The molecule has 0 heterocycles. The smallest absolute Gasteiger partial charge is 0.326 e. The quantitative estimate of drug-likeness (QED) is 0.502. The summed E-state index contributed by atoms with van der Waals surface area (Å²) in [5, 5.41) is 30.7. The van der Waals surface area contributed by atoms with Gasteiger partial charge in [-0.2, -0.15) is 0 Å². The zero-order valence-electron chi connectivity index (χ0n) is 9.78. The van der Waals surface area contributed by atoms with Crippen molar-refractivity contribution in [1.82, 2.24) is 0 Å². The molecule has 19 heavy (non-hydrogen) atoms. The number of hydrogen-bond donors (Lipinski definition) is 3. The molecule has 0 radical (unpaired) electrons. The Kier molecular flexibility index (Phi) is 4.81. The standard InChI is InChI=1S/C11H12N2O6/c14-10(15)6-5-8(11(16)17)12-7-3-1-2-4-9(7)13(18)19/h1-4,8,12H,5-6H2,(H,14,15)(H,16,17)/t8-/m0/s1. The van der Waals surface area contributed by atoms with E-state index in [1.54, 1.807) is 0 Å². The SMILES string of the molecule is O=C(O)CC[C@H](Nc1ccccc1[N+](=O)[O-])C(=O)O. The van der Waals surface area contributed by atoms with Gasteiger partial charge in [0.2, 0.25) is 0 Å². The summed E-state index contributed by atoms with van der Waals surface area (Å²) >= 11 is 0. The lowest BCUT2D eigenvalue weighted by atomic mass is 10.1. The molecule has 1 atom stereocenters. The van der Waals surface area contributed by atoms with Crippen LogP contribution in [0, 0.1) is 10.1 Å². The predicted octanol–water partition coefficient (Wildman–Crippen LogP) is 1.32. The number of carboxylic acid groups (broad SMARTS) is 2. The number of anilines is 1. The minimum atomic E-state index is -1.26. The molecule has 8 heteroatoms. The van der Waals surface area contributed by atoms with Crippen molar-refractivity contribution in [1.29, 1.82) is 0 Å². The molecular weight excluding hydrogens is 256 g/mol. The molecule has 0 unspecified atom stereocenters. The summed E-state index contributed by atoms with van der Waals surface area (Å²) in [6.07, 6.45) is -0.513. The molecule has 1 aromatic carbocycles. The minimum absolute atomic E-state index is 0.0466. The Bertz CT molecular complexity index is 502. The molecule has 0 aromatic heterocycles. The number of aliphatic carboxylic acids is 2. The first-order valence-electron chi connectivity index (χ1n) is 5.36. The van der Waals surface area contributed by atoms with Gasteiger partial charge in [-0.3, -0.25) is 14.9 Å². The van der Waals surface area contributed by atoms with Crippen LogP contribution in [-0.2, 0) is 9.59 Å². The number of carboxylic acids is 2. The average Bonchev–Trinajstić information content (AvgIpc) is 2.34. The topological polar surface area (TPSA) is 130 Å². The molecular formula is C11H12N2O6. The highest BCUT2D eigenvalue weighted by Gasteiger charge is 2.22. The fourth-order valence-electron chi connectivity index (χ4n) is 1.47. The minimum Gasteiger partial charge on any atom is -0.481 e. The Labute approximate surface area is 107 Å². The summed E-state index contributed by atoms with van der Waals surface area (Å²) in [5.74, 6) is -2.39. The van der Waals surface area contributed by atoms with Crippen LogP contribution in [0.25, 0.3) is 0 Å². The van der Waals surface area contributed by atoms with Crippen molar-refractivity contribution < 1.29 is 24.7 Å².